The van der Waals surface area contributed by atoms with Crippen LogP contribution >= 0.6 is 0 Å². The van der Waals surface area contributed by atoms with Crippen LogP contribution in [-0.2, 0) is 10.0 Å². The predicted octanol–water partition coefficient (Wildman–Crippen LogP) is 2.02. The second kappa shape index (κ2) is 6.77. The first-order chi connectivity index (χ1) is 8.94. The van der Waals surface area contributed by atoms with Gasteiger partial charge < -0.3 is 11.1 Å². The highest BCUT2D eigenvalue weighted by molar-refractivity contribution is 7.89. The Morgan fingerprint density at radius 3 is 2.37 bits per heavy atom. The highest BCUT2D eigenvalue weighted by Crippen LogP contribution is 2.23. The number of sulfonamides is 1. The molecule has 0 heterocycles. The van der Waals surface area contributed by atoms with E-state index in [-0.39, 0.29) is 4.90 Å². The molecule has 0 unspecified atom stereocenters. The lowest BCUT2D eigenvalue weighted by Crippen LogP contribution is -2.19. The number of hydrogen-bond donors (Lipinski definition) is 3. The second-order valence-corrected chi connectivity index (χ2v) is 6.41. The van der Waals surface area contributed by atoms with Crippen molar-refractivity contribution in [2.45, 2.75) is 31.6 Å². The maximum absolute atomic E-state index is 11.6. The lowest BCUT2D eigenvalue weighted by Gasteiger charge is -2.16. The first-order valence-electron chi connectivity index (χ1n) is 6.51. The van der Waals surface area contributed by atoms with Crippen molar-refractivity contribution in [1.82, 2.24) is 4.72 Å². The van der Waals surface area contributed by atoms with Crippen molar-refractivity contribution in [2.24, 2.45) is 5.92 Å². The van der Waals surface area contributed by atoms with Gasteiger partial charge in [0.05, 0.1) is 16.3 Å². The molecule has 19 heavy (non-hydrogen) atoms. The molecular weight excluding hydrogens is 262 g/mol. The van der Waals surface area contributed by atoms with E-state index in [1.54, 1.807) is 12.1 Å². The number of nitrogen functional groups attached to an aromatic ring is 1. The molecule has 5 nitrogen and oxygen atoms in total. The summed E-state index contributed by atoms with van der Waals surface area (Å²) in [5, 5.41) is 3.27. The molecule has 4 N–H and O–H groups in total. The van der Waals surface area contributed by atoms with Crippen molar-refractivity contribution in [1.29, 1.82) is 0 Å². The SMILES string of the molecule is CCC(CC)CNc1ccc(S(=O)(=O)NC)cc1N. The molecule has 0 bridgehead atoms. The van der Waals surface area contributed by atoms with E-state index in [0.29, 0.717) is 11.6 Å². The monoisotopic (exact) mass is 285 g/mol. The van der Waals surface area contributed by atoms with E-state index in [1.807, 2.05) is 0 Å². The summed E-state index contributed by atoms with van der Waals surface area (Å²) in [5.74, 6) is 0.597. The van der Waals surface area contributed by atoms with Crippen LogP contribution in [0.5, 0.6) is 0 Å². The Balaban J connectivity index is 2.84. The Bertz CT molecular complexity index is 511. The van der Waals surface area contributed by atoms with Crippen molar-refractivity contribution in [3.05, 3.63) is 18.2 Å². The van der Waals surface area contributed by atoms with Crippen LogP contribution < -0.4 is 15.8 Å². The molecule has 0 saturated heterocycles. The molecule has 0 atom stereocenters. The summed E-state index contributed by atoms with van der Waals surface area (Å²) in [6.45, 7) is 5.15. The Morgan fingerprint density at radius 1 is 1.26 bits per heavy atom. The third-order valence-electron chi connectivity index (χ3n) is 3.34. The zero-order valence-electron chi connectivity index (χ0n) is 11.7. The summed E-state index contributed by atoms with van der Waals surface area (Å²) in [5.41, 5.74) is 7.11. The van der Waals surface area contributed by atoms with Crippen LogP contribution in [0.1, 0.15) is 26.7 Å². The minimum atomic E-state index is -3.44. The average Bonchev–Trinajstić information content (AvgIpc) is 2.41. The fraction of sp³-hybridized carbons (Fsp3) is 0.538. The van der Waals surface area contributed by atoms with Gasteiger partial charge >= 0.3 is 0 Å². The van der Waals surface area contributed by atoms with Crippen LogP contribution in [0.3, 0.4) is 0 Å². The Hall–Kier alpha value is -1.27. The quantitative estimate of drug-likeness (QED) is 0.669. The number of hydrogen-bond acceptors (Lipinski definition) is 4. The number of nitrogens with one attached hydrogen (secondary N) is 2. The second-order valence-electron chi connectivity index (χ2n) is 4.52. The lowest BCUT2D eigenvalue weighted by atomic mass is 10.0. The lowest BCUT2D eigenvalue weighted by molar-refractivity contribution is 0.519. The maximum Gasteiger partial charge on any atom is 0.240 e. The van der Waals surface area contributed by atoms with Crippen molar-refractivity contribution >= 4 is 21.4 Å². The van der Waals surface area contributed by atoms with Gasteiger partial charge in [-0.2, -0.15) is 0 Å². The smallest absolute Gasteiger partial charge is 0.240 e. The molecule has 0 radical (unpaired) electrons. The van der Waals surface area contributed by atoms with Crippen LogP contribution in [-0.4, -0.2) is 22.0 Å². The molecule has 0 aliphatic rings. The van der Waals surface area contributed by atoms with Crippen molar-refractivity contribution < 1.29 is 8.42 Å². The van der Waals surface area contributed by atoms with Gasteiger partial charge in [0.25, 0.3) is 0 Å². The zero-order valence-corrected chi connectivity index (χ0v) is 12.5. The van der Waals surface area contributed by atoms with E-state index >= 15 is 0 Å². The van der Waals surface area contributed by atoms with E-state index in [2.05, 4.69) is 23.9 Å². The maximum atomic E-state index is 11.6. The summed E-state index contributed by atoms with van der Waals surface area (Å²) in [7, 11) is -2.06. The minimum absolute atomic E-state index is 0.181. The standard InChI is InChI=1S/C13H23N3O2S/c1-4-10(5-2)9-16-13-7-6-11(8-12(13)14)19(17,18)15-3/h6-8,10,15-16H,4-5,9,14H2,1-3H3. The number of benzene rings is 1. The summed E-state index contributed by atoms with van der Waals surface area (Å²) in [6.07, 6.45) is 2.21. The van der Waals surface area contributed by atoms with Gasteiger partial charge in [-0.3, -0.25) is 0 Å². The number of anilines is 2. The third-order valence-corrected chi connectivity index (χ3v) is 4.75. The molecule has 0 aromatic heterocycles. The largest absolute Gasteiger partial charge is 0.397 e. The van der Waals surface area contributed by atoms with Gasteiger partial charge in [-0.25, -0.2) is 13.1 Å². The molecule has 0 saturated carbocycles. The van der Waals surface area contributed by atoms with E-state index in [1.165, 1.54) is 13.1 Å². The van der Waals surface area contributed by atoms with Gasteiger partial charge in [-0.15, -0.1) is 0 Å². The van der Waals surface area contributed by atoms with Crippen LogP contribution in [0.25, 0.3) is 0 Å². The molecule has 6 heteroatoms. The van der Waals surface area contributed by atoms with Crippen molar-refractivity contribution in [3.63, 3.8) is 0 Å². The fourth-order valence-corrected chi connectivity index (χ4v) is 2.58. The Labute approximate surface area is 115 Å². The highest BCUT2D eigenvalue weighted by atomic mass is 32.2. The van der Waals surface area contributed by atoms with Crippen LogP contribution in [0, 0.1) is 5.92 Å². The third kappa shape index (κ3) is 4.11. The van der Waals surface area contributed by atoms with Gasteiger partial charge in [-0.05, 0) is 31.2 Å². The summed E-state index contributed by atoms with van der Waals surface area (Å²) in [6, 6.07) is 4.74. The average molecular weight is 285 g/mol. The van der Waals surface area contributed by atoms with Gasteiger partial charge in [0, 0.05) is 6.54 Å². The molecule has 0 fully saturated rings. The highest BCUT2D eigenvalue weighted by Gasteiger charge is 2.13. The molecule has 108 valence electrons. The van der Waals surface area contributed by atoms with Crippen LogP contribution in [0.4, 0.5) is 11.4 Å². The van der Waals surface area contributed by atoms with Crippen molar-refractivity contribution in [3.8, 4) is 0 Å². The molecule has 0 spiro atoms. The van der Waals surface area contributed by atoms with Gasteiger partial charge in [-0.1, -0.05) is 26.7 Å². The zero-order chi connectivity index (χ0) is 14.5. The molecule has 1 aromatic rings. The molecule has 1 rings (SSSR count). The molecule has 0 aliphatic heterocycles. The first-order valence-corrected chi connectivity index (χ1v) is 7.99. The first kappa shape index (κ1) is 15.8. The van der Waals surface area contributed by atoms with Crippen LogP contribution in [0.15, 0.2) is 23.1 Å². The summed E-state index contributed by atoms with van der Waals surface area (Å²) >= 11 is 0. The Morgan fingerprint density at radius 2 is 1.89 bits per heavy atom. The normalized spacial score (nSPS) is 11.8. The molecule has 1 aromatic carbocycles. The van der Waals surface area contributed by atoms with Gasteiger partial charge in [0.1, 0.15) is 0 Å². The molecular formula is C13H23N3O2S. The fourth-order valence-electron chi connectivity index (χ4n) is 1.82. The number of nitrogens with two attached hydrogens (primary N) is 1. The van der Waals surface area contributed by atoms with E-state index in [4.69, 9.17) is 5.73 Å². The van der Waals surface area contributed by atoms with Crippen molar-refractivity contribution in [2.75, 3.05) is 24.6 Å². The molecule has 0 aliphatic carbocycles. The summed E-state index contributed by atoms with van der Waals surface area (Å²) < 4.78 is 25.5. The minimum Gasteiger partial charge on any atom is -0.397 e. The number of rotatable bonds is 7. The van der Waals surface area contributed by atoms with E-state index in [9.17, 15) is 8.42 Å². The predicted molar refractivity (Wildman–Crippen MR) is 79.7 cm³/mol. The van der Waals surface area contributed by atoms with E-state index < -0.39 is 10.0 Å². The van der Waals surface area contributed by atoms with Gasteiger partial charge in [0.2, 0.25) is 10.0 Å². The van der Waals surface area contributed by atoms with Crippen LogP contribution in [0.2, 0.25) is 0 Å². The molecule has 0 amide bonds. The summed E-state index contributed by atoms with van der Waals surface area (Å²) in [4.78, 5) is 0.181. The topological polar surface area (TPSA) is 84.2 Å². The van der Waals surface area contributed by atoms with E-state index in [0.717, 1.165) is 25.1 Å². The Kier molecular flexibility index (Phi) is 5.62. The van der Waals surface area contributed by atoms with Gasteiger partial charge in [0.15, 0.2) is 0 Å².